The van der Waals surface area contributed by atoms with Crippen molar-refractivity contribution in [3.63, 3.8) is 0 Å². The molecule has 6 heteroatoms. The Morgan fingerprint density at radius 2 is 2.28 bits per heavy atom. The van der Waals surface area contributed by atoms with Gasteiger partial charge in [0, 0.05) is 23.5 Å². The molecular weight excluding hydrogens is 318 g/mol. The highest BCUT2D eigenvalue weighted by Gasteiger charge is 2.33. The third kappa shape index (κ3) is 3.52. The van der Waals surface area contributed by atoms with Gasteiger partial charge in [-0.05, 0) is 52.2 Å². The molecule has 18 heavy (non-hydrogen) atoms. The highest BCUT2D eigenvalue weighted by atomic mass is 79.9. The van der Waals surface area contributed by atoms with E-state index in [4.69, 9.17) is 0 Å². The van der Waals surface area contributed by atoms with E-state index in [1.54, 1.807) is 12.4 Å². The largest absolute Gasteiger partial charge is 0.396 e. The first-order valence-electron chi connectivity index (χ1n) is 5.91. The molecule has 1 fully saturated rings. The number of halogens is 1. The lowest BCUT2D eigenvalue weighted by molar-refractivity contribution is 0.184. The molecule has 1 aromatic rings. The van der Waals surface area contributed by atoms with Gasteiger partial charge in [0.05, 0.1) is 11.5 Å². The van der Waals surface area contributed by atoms with E-state index in [0.29, 0.717) is 12.8 Å². The second kappa shape index (κ2) is 5.67. The summed E-state index contributed by atoms with van der Waals surface area (Å²) in [7, 11) is -2.89. The van der Waals surface area contributed by atoms with Crippen LogP contribution < -0.4 is 0 Å². The first kappa shape index (κ1) is 14.0. The summed E-state index contributed by atoms with van der Waals surface area (Å²) in [6.45, 7) is 0.0205. The Morgan fingerprint density at radius 3 is 2.83 bits per heavy atom. The fourth-order valence-electron chi connectivity index (χ4n) is 2.45. The Kier molecular flexibility index (Phi) is 4.40. The minimum Gasteiger partial charge on any atom is -0.396 e. The van der Waals surface area contributed by atoms with E-state index in [9.17, 15) is 13.5 Å². The minimum atomic E-state index is -2.89. The lowest BCUT2D eigenvalue weighted by Gasteiger charge is -2.20. The molecule has 1 aliphatic heterocycles. The van der Waals surface area contributed by atoms with Crippen LogP contribution in [-0.4, -0.2) is 36.6 Å². The minimum absolute atomic E-state index is 0.00150. The van der Waals surface area contributed by atoms with Crippen molar-refractivity contribution in [2.45, 2.75) is 12.8 Å². The van der Waals surface area contributed by atoms with Crippen LogP contribution in [0.2, 0.25) is 0 Å². The van der Waals surface area contributed by atoms with Crippen molar-refractivity contribution in [3.05, 3.63) is 28.5 Å². The van der Waals surface area contributed by atoms with Gasteiger partial charge in [0.2, 0.25) is 0 Å². The van der Waals surface area contributed by atoms with Crippen molar-refractivity contribution < 1.29 is 13.5 Å². The van der Waals surface area contributed by atoms with Gasteiger partial charge in [0.1, 0.15) is 0 Å². The van der Waals surface area contributed by atoms with Gasteiger partial charge in [0.25, 0.3) is 0 Å². The molecule has 1 aliphatic rings. The van der Waals surface area contributed by atoms with Crippen LogP contribution in [0.15, 0.2) is 22.9 Å². The zero-order valence-corrected chi connectivity index (χ0v) is 12.3. The van der Waals surface area contributed by atoms with Crippen LogP contribution in [0.5, 0.6) is 0 Å². The van der Waals surface area contributed by atoms with Gasteiger partial charge >= 0.3 is 0 Å². The average molecular weight is 334 g/mol. The Labute approximate surface area is 115 Å². The van der Waals surface area contributed by atoms with Gasteiger partial charge in [-0.1, -0.05) is 0 Å². The second-order valence-electron chi connectivity index (χ2n) is 4.82. The fourth-order valence-corrected chi connectivity index (χ4v) is 4.78. The van der Waals surface area contributed by atoms with E-state index < -0.39 is 9.84 Å². The van der Waals surface area contributed by atoms with E-state index in [1.807, 2.05) is 6.07 Å². The number of aliphatic hydroxyl groups excluding tert-OH is 1. The highest BCUT2D eigenvalue weighted by Crippen LogP contribution is 2.28. The number of pyridine rings is 1. The van der Waals surface area contributed by atoms with E-state index in [-0.39, 0.29) is 29.9 Å². The molecule has 1 saturated heterocycles. The number of aliphatic hydroxyl groups is 1. The molecule has 2 heterocycles. The molecule has 4 nitrogen and oxygen atoms in total. The summed E-state index contributed by atoms with van der Waals surface area (Å²) in [6.07, 6.45) is 4.80. The zero-order valence-electron chi connectivity index (χ0n) is 9.92. The maximum atomic E-state index is 11.5. The van der Waals surface area contributed by atoms with Crippen molar-refractivity contribution in [3.8, 4) is 0 Å². The van der Waals surface area contributed by atoms with Gasteiger partial charge in [0.15, 0.2) is 9.84 Å². The molecule has 0 radical (unpaired) electrons. The summed E-state index contributed by atoms with van der Waals surface area (Å²) in [5.41, 5.74) is 1.02. The van der Waals surface area contributed by atoms with Crippen LogP contribution in [-0.2, 0) is 16.3 Å². The standard InChI is InChI=1S/C12H16BrNO3S/c13-12-4-9(5-14-6-12)3-11(7-15)10-1-2-18(16,17)8-10/h4-6,10-11,15H,1-3,7-8H2. The van der Waals surface area contributed by atoms with Crippen molar-refractivity contribution in [1.29, 1.82) is 0 Å². The zero-order chi connectivity index (χ0) is 13.2. The lowest BCUT2D eigenvalue weighted by Crippen LogP contribution is -2.22. The predicted molar refractivity (Wildman–Crippen MR) is 73.0 cm³/mol. The van der Waals surface area contributed by atoms with Gasteiger partial charge in [-0.2, -0.15) is 0 Å². The molecule has 1 N–H and O–H groups in total. The lowest BCUT2D eigenvalue weighted by atomic mass is 9.87. The molecule has 100 valence electrons. The number of hydrogen-bond acceptors (Lipinski definition) is 4. The summed E-state index contributed by atoms with van der Waals surface area (Å²) in [6, 6.07) is 1.96. The summed E-state index contributed by atoms with van der Waals surface area (Å²) in [4.78, 5) is 4.08. The maximum Gasteiger partial charge on any atom is 0.150 e. The van der Waals surface area contributed by atoms with Crippen LogP contribution in [0, 0.1) is 11.8 Å². The van der Waals surface area contributed by atoms with E-state index in [2.05, 4.69) is 20.9 Å². The normalized spacial score (nSPS) is 24.0. The van der Waals surface area contributed by atoms with E-state index in [0.717, 1.165) is 10.0 Å². The molecular formula is C12H16BrNO3S. The molecule has 0 amide bonds. The van der Waals surface area contributed by atoms with Gasteiger partial charge in [-0.3, -0.25) is 4.98 Å². The Bertz CT molecular complexity index is 518. The Balaban J connectivity index is 2.06. The number of hydrogen-bond donors (Lipinski definition) is 1. The highest BCUT2D eigenvalue weighted by molar-refractivity contribution is 9.10. The molecule has 0 spiro atoms. The summed E-state index contributed by atoms with van der Waals surface area (Å²) < 4.78 is 23.8. The topological polar surface area (TPSA) is 67.3 Å². The third-order valence-electron chi connectivity index (χ3n) is 3.43. The third-order valence-corrected chi connectivity index (χ3v) is 5.66. The van der Waals surface area contributed by atoms with Crippen molar-refractivity contribution >= 4 is 25.8 Å². The van der Waals surface area contributed by atoms with Crippen molar-refractivity contribution in [2.75, 3.05) is 18.1 Å². The van der Waals surface area contributed by atoms with Crippen LogP contribution in [0.1, 0.15) is 12.0 Å². The maximum absolute atomic E-state index is 11.5. The molecule has 2 atom stereocenters. The number of rotatable bonds is 4. The molecule has 1 aromatic heterocycles. The van der Waals surface area contributed by atoms with Gasteiger partial charge in [-0.15, -0.1) is 0 Å². The van der Waals surface area contributed by atoms with Gasteiger partial charge < -0.3 is 5.11 Å². The van der Waals surface area contributed by atoms with Crippen LogP contribution in [0.4, 0.5) is 0 Å². The Hall–Kier alpha value is -0.460. The first-order valence-corrected chi connectivity index (χ1v) is 8.52. The second-order valence-corrected chi connectivity index (χ2v) is 7.97. The molecule has 0 aromatic carbocycles. The summed E-state index contributed by atoms with van der Waals surface area (Å²) in [5, 5.41) is 9.46. The SMILES string of the molecule is O=S1(=O)CCC(C(CO)Cc2cncc(Br)c2)C1. The predicted octanol–water partition coefficient (Wildman–Crippen LogP) is 1.43. The summed E-state index contributed by atoms with van der Waals surface area (Å²) >= 11 is 3.35. The molecule has 0 bridgehead atoms. The molecule has 0 aliphatic carbocycles. The smallest absolute Gasteiger partial charge is 0.150 e. The van der Waals surface area contributed by atoms with Crippen LogP contribution >= 0.6 is 15.9 Å². The molecule has 0 saturated carbocycles. The molecule has 2 rings (SSSR count). The van der Waals surface area contributed by atoms with Crippen molar-refractivity contribution in [2.24, 2.45) is 11.8 Å². The quantitative estimate of drug-likeness (QED) is 0.905. The van der Waals surface area contributed by atoms with E-state index in [1.165, 1.54) is 0 Å². The van der Waals surface area contributed by atoms with Crippen LogP contribution in [0.3, 0.4) is 0 Å². The molecule has 2 unspecified atom stereocenters. The number of aromatic nitrogens is 1. The van der Waals surface area contributed by atoms with Gasteiger partial charge in [-0.25, -0.2) is 8.42 Å². The number of nitrogens with zero attached hydrogens (tertiary/aromatic N) is 1. The number of sulfone groups is 1. The van der Waals surface area contributed by atoms with E-state index >= 15 is 0 Å². The Morgan fingerprint density at radius 1 is 1.50 bits per heavy atom. The van der Waals surface area contributed by atoms with Crippen molar-refractivity contribution in [1.82, 2.24) is 4.98 Å². The fraction of sp³-hybridized carbons (Fsp3) is 0.583. The average Bonchev–Trinajstić information content (AvgIpc) is 2.66. The first-order chi connectivity index (χ1) is 8.50. The summed E-state index contributed by atoms with van der Waals surface area (Å²) in [5.74, 6) is 0.530. The van der Waals surface area contributed by atoms with Crippen LogP contribution in [0.25, 0.3) is 0 Å². The monoisotopic (exact) mass is 333 g/mol.